The van der Waals surface area contributed by atoms with E-state index in [4.69, 9.17) is 23.2 Å². The lowest BCUT2D eigenvalue weighted by molar-refractivity contribution is -0.140. The lowest BCUT2D eigenvalue weighted by Crippen LogP contribution is -2.59. The fourth-order valence-corrected chi connectivity index (χ4v) is 4.45. The lowest BCUT2D eigenvalue weighted by Gasteiger charge is -2.41. The normalized spacial score (nSPS) is 26.6. The number of phenolic OH excluding ortho intramolecular Hbond substituents is 1. The summed E-state index contributed by atoms with van der Waals surface area (Å²) in [5.41, 5.74) is 0.581. The molecule has 8 heteroatoms. The van der Waals surface area contributed by atoms with E-state index in [-0.39, 0.29) is 36.8 Å². The van der Waals surface area contributed by atoms with Gasteiger partial charge in [0.25, 0.3) is 0 Å². The maximum atomic E-state index is 12.5. The van der Waals surface area contributed by atoms with Crippen LogP contribution in [0.4, 0.5) is 0 Å². The Hall–Kier alpha value is -1.05. The molecule has 0 radical (unpaired) electrons. The molecule has 2 aliphatic rings. The Morgan fingerprint density at radius 2 is 2.04 bits per heavy atom. The number of nitrogens with zero attached hydrogens (tertiary/aromatic N) is 2. The van der Waals surface area contributed by atoms with E-state index in [0.29, 0.717) is 35.1 Å². The van der Waals surface area contributed by atoms with E-state index in [1.54, 1.807) is 17.9 Å². The first-order valence-corrected chi connectivity index (χ1v) is 9.08. The van der Waals surface area contributed by atoms with Crippen molar-refractivity contribution in [2.24, 2.45) is 0 Å². The minimum absolute atomic E-state index is 0.0458. The molecule has 0 aliphatic carbocycles. The zero-order chi connectivity index (χ0) is 18.3. The molecule has 0 unspecified atom stereocenters. The van der Waals surface area contributed by atoms with Crippen LogP contribution in [0, 0.1) is 0 Å². The monoisotopic (exact) mass is 388 g/mol. The van der Waals surface area contributed by atoms with Crippen LogP contribution in [0.5, 0.6) is 5.75 Å². The van der Waals surface area contributed by atoms with Crippen LogP contribution >= 0.6 is 23.2 Å². The Morgan fingerprint density at radius 3 is 2.68 bits per heavy atom. The Morgan fingerprint density at radius 1 is 1.32 bits per heavy atom. The maximum absolute atomic E-state index is 12.5. The minimum Gasteiger partial charge on any atom is -0.508 e. The fraction of sp³-hybridized carbons (Fsp3) is 0.588. The molecule has 1 aromatic carbocycles. The molecule has 2 heterocycles. The maximum Gasteiger partial charge on any atom is 0.237 e. The number of carbonyl (C=O) groups is 1. The van der Waals surface area contributed by atoms with Crippen LogP contribution in [0.3, 0.4) is 0 Å². The van der Waals surface area contributed by atoms with Gasteiger partial charge in [-0.15, -0.1) is 0 Å². The first-order chi connectivity index (χ1) is 11.8. The average Bonchev–Trinajstić information content (AvgIpc) is 2.96. The molecule has 2 fully saturated rings. The zero-order valence-electron chi connectivity index (χ0n) is 13.9. The predicted octanol–water partition coefficient (Wildman–Crippen LogP) is 1.44. The molecule has 0 aromatic heterocycles. The van der Waals surface area contributed by atoms with Gasteiger partial charge in [-0.25, -0.2) is 0 Å². The quantitative estimate of drug-likeness (QED) is 0.726. The summed E-state index contributed by atoms with van der Waals surface area (Å²) >= 11 is 12.4. The van der Waals surface area contributed by atoms with Gasteiger partial charge in [-0.3, -0.25) is 9.69 Å². The molecular weight excluding hydrogens is 367 g/mol. The number of hydrogen-bond acceptors (Lipinski definition) is 5. The molecule has 3 N–H and O–H groups in total. The molecule has 6 nitrogen and oxygen atoms in total. The highest BCUT2D eigenvalue weighted by Gasteiger charge is 2.43. The summed E-state index contributed by atoms with van der Waals surface area (Å²) in [5.74, 6) is -0.0597. The summed E-state index contributed by atoms with van der Waals surface area (Å²) in [5, 5.41) is 30.3. The van der Waals surface area contributed by atoms with Gasteiger partial charge in [0.2, 0.25) is 5.91 Å². The van der Waals surface area contributed by atoms with Crippen molar-refractivity contribution in [3.8, 4) is 5.75 Å². The van der Waals surface area contributed by atoms with Gasteiger partial charge in [0, 0.05) is 30.6 Å². The van der Waals surface area contributed by atoms with E-state index in [0.717, 1.165) is 0 Å². The van der Waals surface area contributed by atoms with E-state index in [1.807, 2.05) is 4.90 Å². The molecule has 1 aromatic rings. The highest BCUT2D eigenvalue weighted by molar-refractivity contribution is 6.42. The topological polar surface area (TPSA) is 84.2 Å². The van der Waals surface area contributed by atoms with E-state index in [9.17, 15) is 20.1 Å². The second-order valence-corrected chi connectivity index (χ2v) is 7.63. The van der Waals surface area contributed by atoms with Crippen molar-refractivity contribution in [1.82, 2.24) is 9.80 Å². The number of aliphatic hydroxyl groups excluding tert-OH is 2. The predicted molar refractivity (Wildman–Crippen MR) is 95.1 cm³/mol. The van der Waals surface area contributed by atoms with E-state index in [2.05, 4.69) is 0 Å². The highest BCUT2D eigenvalue weighted by atomic mass is 35.5. The van der Waals surface area contributed by atoms with Crippen molar-refractivity contribution < 1.29 is 20.1 Å². The van der Waals surface area contributed by atoms with Gasteiger partial charge in [-0.05, 0) is 25.5 Å². The van der Waals surface area contributed by atoms with Crippen LogP contribution in [-0.2, 0) is 4.79 Å². The largest absolute Gasteiger partial charge is 0.508 e. The van der Waals surface area contributed by atoms with Gasteiger partial charge in [0.05, 0.1) is 35.3 Å². The Bertz CT molecular complexity index is 670. The second-order valence-electron chi connectivity index (χ2n) is 6.85. The molecule has 0 spiro atoms. The van der Waals surface area contributed by atoms with Crippen LogP contribution in [0.25, 0.3) is 0 Å². The first kappa shape index (κ1) is 18.7. The van der Waals surface area contributed by atoms with Gasteiger partial charge in [-0.2, -0.15) is 0 Å². The minimum atomic E-state index is -0.729. The molecule has 0 bridgehead atoms. The zero-order valence-corrected chi connectivity index (χ0v) is 15.4. The van der Waals surface area contributed by atoms with Gasteiger partial charge in [-0.1, -0.05) is 23.2 Å². The molecule has 138 valence electrons. The van der Waals surface area contributed by atoms with Crippen LogP contribution in [0.1, 0.15) is 24.8 Å². The third kappa shape index (κ3) is 3.46. The number of benzene rings is 1. The van der Waals surface area contributed by atoms with Crippen LogP contribution in [-0.4, -0.2) is 75.5 Å². The Kier molecular flexibility index (Phi) is 5.46. The van der Waals surface area contributed by atoms with Crippen LogP contribution in [0.2, 0.25) is 10.0 Å². The van der Waals surface area contributed by atoms with Gasteiger partial charge >= 0.3 is 0 Å². The van der Waals surface area contributed by atoms with Crippen molar-refractivity contribution >= 4 is 29.1 Å². The number of rotatable bonds is 4. The number of amides is 1. The summed E-state index contributed by atoms with van der Waals surface area (Å²) in [7, 11) is 0. The van der Waals surface area contributed by atoms with Crippen molar-refractivity contribution in [1.29, 1.82) is 0 Å². The fourth-order valence-electron chi connectivity index (χ4n) is 3.97. The average molecular weight is 389 g/mol. The van der Waals surface area contributed by atoms with Crippen molar-refractivity contribution in [2.75, 3.05) is 26.2 Å². The molecule has 25 heavy (non-hydrogen) atoms. The molecule has 4 atom stereocenters. The van der Waals surface area contributed by atoms with Crippen molar-refractivity contribution in [2.45, 2.75) is 37.5 Å². The SMILES string of the molecule is C[C@@H](O)[C@@H](CO)N1CC(=O)N2C[C@@H](c3c(O)ccc(Cl)c3Cl)C[C@H]2C1. The van der Waals surface area contributed by atoms with Crippen LogP contribution < -0.4 is 0 Å². The van der Waals surface area contributed by atoms with Gasteiger partial charge in [0.1, 0.15) is 5.75 Å². The number of carbonyl (C=O) groups excluding carboxylic acids is 1. The van der Waals surface area contributed by atoms with E-state index in [1.165, 1.54) is 6.07 Å². The van der Waals surface area contributed by atoms with Gasteiger partial charge in [0.15, 0.2) is 0 Å². The van der Waals surface area contributed by atoms with Crippen molar-refractivity contribution in [3.05, 3.63) is 27.7 Å². The standard InChI is InChI=1S/C17H22Cl2N2O4/c1-9(23)13(8-22)20-6-11-4-10(5-21(11)15(25)7-20)16-14(24)3-2-12(18)17(16)19/h2-3,9-11,13,22-24H,4-8H2,1H3/t9-,10+,11+,13-/m1/s1. The number of halogens is 2. The molecular formula is C17H22Cl2N2O4. The Balaban J connectivity index is 1.82. The first-order valence-electron chi connectivity index (χ1n) is 8.32. The lowest BCUT2D eigenvalue weighted by atomic mass is 9.95. The Labute approximate surface area is 156 Å². The summed E-state index contributed by atoms with van der Waals surface area (Å²) in [4.78, 5) is 16.2. The molecule has 2 saturated heterocycles. The van der Waals surface area contributed by atoms with Crippen LogP contribution in [0.15, 0.2) is 12.1 Å². The summed E-state index contributed by atoms with van der Waals surface area (Å²) in [6, 6.07) is 2.55. The molecule has 2 aliphatic heterocycles. The number of phenols is 1. The van der Waals surface area contributed by atoms with Gasteiger partial charge < -0.3 is 20.2 Å². The summed E-state index contributed by atoms with van der Waals surface area (Å²) in [6.45, 7) is 2.61. The summed E-state index contributed by atoms with van der Waals surface area (Å²) in [6.07, 6.45) is -0.0821. The molecule has 3 rings (SSSR count). The molecule has 0 saturated carbocycles. The highest BCUT2D eigenvalue weighted by Crippen LogP contribution is 2.43. The number of hydrogen-bond donors (Lipinski definition) is 3. The van der Waals surface area contributed by atoms with E-state index >= 15 is 0 Å². The third-order valence-corrected chi connectivity index (χ3v) is 6.07. The van der Waals surface area contributed by atoms with E-state index < -0.39 is 12.1 Å². The molecule has 1 amide bonds. The number of aliphatic hydroxyl groups is 2. The summed E-state index contributed by atoms with van der Waals surface area (Å²) < 4.78 is 0. The number of piperazine rings is 1. The van der Waals surface area contributed by atoms with Crippen molar-refractivity contribution in [3.63, 3.8) is 0 Å². The number of aromatic hydroxyl groups is 1. The smallest absolute Gasteiger partial charge is 0.237 e. The second kappa shape index (κ2) is 7.29. The number of fused-ring (bicyclic) bond motifs is 1. The third-order valence-electron chi connectivity index (χ3n) is 5.25.